The maximum absolute atomic E-state index is 13.5. The van der Waals surface area contributed by atoms with Crippen LogP contribution >= 0.6 is 0 Å². The quantitative estimate of drug-likeness (QED) is 0.0523. The molecule has 0 spiro atoms. The fraction of sp³-hybridized carbons (Fsp3) is 0.500. The molecule has 1 aliphatic rings. The molecule has 1 saturated heterocycles. The smallest absolute Gasteiger partial charge is 0.326 e. The zero-order valence-corrected chi connectivity index (χ0v) is 37.3. The lowest BCUT2D eigenvalue weighted by atomic mass is 9.99. The highest BCUT2D eigenvalue weighted by molar-refractivity contribution is 5.97. The third-order valence-corrected chi connectivity index (χ3v) is 10.9. The molecular formula is C44H61N9O13. The van der Waals surface area contributed by atoms with E-state index < -0.39 is 133 Å². The third-order valence-electron chi connectivity index (χ3n) is 10.9. The van der Waals surface area contributed by atoms with Crippen molar-refractivity contribution in [2.45, 2.75) is 115 Å². The summed E-state index contributed by atoms with van der Waals surface area (Å²) in [6.45, 7) is 4.95. The normalized spacial score (nSPS) is 16.4. The first-order chi connectivity index (χ1) is 31.2. The molecule has 1 heterocycles. The minimum absolute atomic E-state index is 0.0500. The summed E-state index contributed by atoms with van der Waals surface area (Å²) >= 11 is 0. The van der Waals surface area contributed by atoms with E-state index >= 15 is 0 Å². The zero-order valence-electron chi connectivity index (χ0n) is 37.3. The van der Waals surface area contributed by atoms with Gasteiger partial charge in [-0.2, -0.15) is 0 Å². The van der Waals surface area contributed by atoms with Crippen molar-refractivity contribution in [3.63, 3.8) is 0 Å². The molecule has 0 aromatic heterocycles. The monoisotopic (exact) mass is 923 g/mol. The number of hydrogen-bond donors (Lipinski definition) is 11. The lowest BCUT2D eigenvalue weighted by Gasteiger charge is -2.26. The number of carbonyl (C=O) groups excluding carboxylic acids is 8. The number of benzene rings is 2. The van der Waals surface area contributed by atoms with E-state index in [1.165, 1.54) is 30.9 Å². The molecule has 0 aliphatic carbocycles. The summed E-state index contributed by atoms with van der Waals surface area (Å²) < 4.78 is 0. The van der Waals surface area contributed by atoms with Gasteiger partial charge in [-0.25, -0.2) is 4.79 Å². The summed E-state index contributed by atoms with van der Waals surface area (Å²) in [5.41, 5.74) is 7.56. The Morgan fingerprint density at radius 3 is 1.89 bits per heavy atom. The maximum Gasteiger partial charge on any atom is 0.326 e. The van der Waals surface area contributed by atoms with E-state index in [4.69, 9.17) is 5.73 Å². The second-order valence-corrected chi connectivity index (χ2v) is 16.1. The van der Waals surface area contributed by atoms with Crippen LogP contribution in [0.3, 0.4) is 0 Å². The van der Waals surface area contributed by atoms with E-state index in [0.717, 1.165) is 5.56 Å². The van der Waals surface area contributed by atoms with Gasteiger partial charge < -0.3 is 63.2 Å². The zero-order chi connectivity index (χ0) is 49.1. The summed E-state index contributed by atoms with van der Waals surface area (Å²) in [6.07, 6.45) is 0.369. The number of hydrogen-bond acceptors (Lipinski definition) is 12. The molecule has 0 unspecified atom stereocenters. The first kappa shape index (κ1) is 53.2. The van der Waals surface area contributed by atoms with Crippen molar-refractivity contribution in [3.05, 3.63) is 65.7 Å². The van der Waals surface area contributed by atoms with E-state index in [-0.39, 0.29) is 31.6 Å². The van der Waals surface area contributed by atoms with E-state index in [1.54, 1.807) is 56.3 Å². The van der Waals surface area contributed by atoms with Gasteiger partial charge in [-0.3, -0.25) is 43.2 Å². The van der Waals surface area contributed by atoms with Crippen LogP contribution in [0.4, 0.5) is 0 Å². The van der Waals surface area contributed by atoms with E-state index in [2.05, 4.69) is 37.2 Å². The van der Waals surface area contributed by atoms with Crippen LogP contribution in [-0.2, 0) is 60.8 Å². The second-order valence-electron chi connectivity index (χ2n) is 16.1. The van der Waals surface area contributed by atoms with E-state index in [0.29, 0.717) is 18.4 Å². The minimum Gasteiger partial charge on any atom is -0.508 e. The number of aliphatic carboxylic acids is 2. The number of phenols is 1. The highest BCUT2D eigenvalue weighted by atomic mass is 16.4. The number of carboxylic acids is 2. The SMILES string of the molecule is CC[C@H](C)[C@H](NC(=O)CNC(=O)[C@H](CCC(=O)O)NC(=O)[C@H](C)NC(=O)[C@H](C)NC(=O)[C@@H]1CCCN1C(=O)CNC(=O)[C@H](Cc1ccccc1)NC(=O)[C@@H](N)Cc1ccc(O)cc1)C(=O)O. The van der Waals surface area contributed by atoms with Crippen molar-refractivity contribution in [2.75, 3.05) is 19.6 Å². The Balaban J connectivity index is 1.55. The molecule has 12 N–H and O–H groups in total. The van der Waals surface area contributed by atoms with Crippen molar-refractivity contribution < 1.29 is 63.3 Å². The maximum atomic E-state index is 13.5. The molecule has 360 valence electrons. The first-order valence-electron chi connectivity index (χ1n) is 21.6. The number of aromatic hydroxyl groups is 1. The molecule has 22 nitrogen and oxygen atoms in total. The fourth-order valence-electron chi connectivity index (χ4n) is 6.85. The van der Waals surface area contributed by atoms with Gasteiger partial charge in [-0.05, 0) is 68.7 Å². The van der Waals surface area contributed by atoms with Crippen LogP contribution in [0.15, 0.2) is 54.6 Å². The summed E-state index contributed by atoms with van der Waals surface area (Å²) in [7, 11) is 0. The molecule has 66 heavy (non-hydrogen) atoms. The topological polar surface area (TPSA) is 345 Å². The summed E-state index contributed by atoms with van der Waals surface area (Å²) in [4.78, 5) is 129. The van der Waals surface area contributed by atoms with Gasteiger partial charge in [0.05, 0.1) is 19.1 Å². The molecule has 8 atom stereocenters. The van der Waals surface area contributed by atoms with Gasteiger partial charge >= 0.3 is 11.9 Å². The number of carboxylic acid groups (broad SMARTS) is 2. The Morgan fingerprint density at radius 1 is 0.697 bits per heavy atom. The van der Waals surface area contributed by atoms with Crippen molar-refractivity contribution >= 4 is 59.2 Å². The number of nitrogens with zero attached hydrogens (tertiary/aromatic N) is 1. The largest absolute Gasteiger partial charge is 0.508 e. The van der Waals surface area contributed by atoms with Crippen molar-refractivity contribution in [1.29, 1.82) is 0 Å². The molecule has 22 heteroatoms. The Kier molecular flexibility index (Phi) is 21.0. The molecule has 0 radical (unpaired) electrons. The number of amides is 8. The number of phenolic OH excluding ortho intramolecular Hbond substituents is 1. The Bertz CT molecular complexity index is 2050. The molecule has 2 aromatic rings. The average molecular weight is 924 g/mol. The van der Waals surface area contributed by atoms with Crippen molar-refractivity contribution in [3.8, 4) is 5.75 Å². The predicted octanol–water partition coefficient (Wildman–Crippen LogP) is -1.81. The van der Waals surface area contributed by atoms with E-state index in [9.17, 15) is 63.3 Å². The van der Waals surface area contributed by atoms with Gasteiger partial charge in [-0.15, -0.1) is 0 Å². The van der Waals surface area contributed by atoms with Crippen LogP contribution in [-0.4, -0.2) is 141 Å². The molecule has 1 aliphatic heterocycles. The Morgan fingerprint density at radius 2 is 1.27 bits per heavy atom. The third kappa shape index (κ3) is 17.1. The summed E-state index contributed by atoms with van der Waals surface area (Å²) in [6, 6.07) is 6.60. The van der Waals surface area contributed by atoms with E-state index in [1.807, 2.05) is 0 Å². The number of nitrogens with one attached hydrogen (secondary N) is 7. The fourth-order valence-corrected chi connectivity index (χ4v) is 6.85. The van der Waals surface area contributed by atoms with Crippen LogP contribution in [0.1, 0.15) is 70.9 Å². The standard InChI is InChI=1S/C44H61N9O13/c1-5-24(2)37(44(65)66)52-34(55)22-46-41(62)31(17-18-36(57)58)50-39(60)26(4)48-38(59)25(3)49-43(64)33-12-9-19-53(33)35(56)23-47-42(63)32(21-27-10-7-6-8-11-27)51-40(61)30(45)20-28-13-15-29(54)16-14-28/h6-8,10-11,13-16,24-26,30-33,37,54H,5,9,12,17-23,45H2,1-4H3,(H,46,62)(H,47,63)(H,48,59)(H,49,64)(H,50,60)(H,51,61)(H,52,55)(H,57,58)(H,65,66)/t24-,25-,26-,30-,31-,32-,33-,37-/m0/s1. The molecule has 1 fully saturated rings. The van der Waals surface area contributed by atoms with Crippen LogP contribution in [0, 0.1) is 5.92 Å². The Labute approximate surface area is 381 Å². The van der Waals surface area contributed by atoms with Gasteiger partial charge in [-0.1, -0.05) is 62.7 Å². The average Bonchev–Trinajstić information content (AvgIpc) is 3.79. The minimum atomic E-state index is -1.47. The van der Waals surface area contributed by atoms with Crippen molar-refractivity contribution in [1.82, 2.24) is 42.1 Å². The number of likely N-dealkylation sites (tertiary alicyclic amines) is 1. The number of carbonyl (C=O) groups is 10. The predicted molar refractivity (Wildman–Crippen MR) is 236 cm³/mol. The summed E-state index contributed by atoms with van der Waals surface area (Å²) in [5, 5.41) is 45.2. The highest BCUT2D eigenvalue weighted by Gasteiger charge is 2.36. The number of rotatable bonds is 25. The Hall–Kier alpha value is -7.10. The molecule has 0 saturated carbocycles. The second kappa shape index (κ2) is 26.0. The molecular weight excluding hydrogens is 863 g/mol. The molecule has 2 aromatic carbocycles. The highest BCUT2D eigenvalue weighted by Crippen LogP contribution is 2.18. The van der Waals surface area contributed by atoms with Crippen LogP contribution in [0.25, 0.3) is 0 Å². The molecule has 8 amide bonds. The number of nitrogens with two attached hydrogens (primary N) is 1. The van der Waals surface area contributed by atoms with Gasteiger partial charge in [0.15, 0.2) is 0 Å². The first-order valence-corrected chi connectivity index (χ1v) is 21.6. The van der Waals surface area contributed by atoms with Gasteiger partial charge in [0.1, 0.15) is 42.0 Å². The van der Waals surface area contributed by atoms with Gasteiger partial charge in [0, 0.05) is 19.4 Å². The van der Waals surface area contributed by atoms with Crippen LogP contribution in [0.5, 0.6) is 5.75 Å². The van der Waals surface area contributed by atoms with Gasteiger partial charge in [0.25, 0.3) is 0 Å². The molecule has 0 bridgehead atoms. The van der Waals surface area contributed by atoms with Crippen LogP contribution < -0.4 is 43.0 Å². The summed E-state index contributed by atoms with van der Waals surface area (Å²) in [5.74, 6) is -8.99. The van der Waals surface area contributed by atoms with Crippen LogP contribution in [0.2, 0.25) is 0 Å². The molecule has 3 rings (SSSR count). The lowest BCUT2D eigenvalue weighted by molar-refractivity contribution is -0.143. The van der Waals surface area contributed by atoms with Gasteiger partial charge in [0.2, 0.25) is 47.3 Å². The lowest BCUT2D eigenvalue weighted by Crippen LogP contribution is -2.57. The van der Waals surface area contributed by atoms with Crippen molar-refractivity contribution in [2.24, 2.45) is 11.7 Å².